The highest BCUT2D eigenvalue weighted by molar-refractivity contribution is 5.05. The molecule has 2 saturated heterocycles. The molecular weight excluding hydrogens is 160 g/mol. The molecule has 0 spiro atoms. The van der Waals surface area contributed by atoms with Crippen LogP contribution in [0.15, 0.2) is 0 Å². The van der Waals surface area contributed by atoms with E-state index in [1.54, 1.807) is 0 Å². The molecule has 2 aliphatic heterocycles. The zero-order valence-electron chi connectivity index (χ0n) is 9.25. The first kappa shape index (κ1) is 9.47. The minimum atomic E-state index is 0.676. The number of hydrogen-bond acceptors (Lipinski definition) is 2. The maximum absolute atomic E-state index is 3.59. The van der Waals surface area contributed by atoms with Crippen molar-refractivity contribution in [3.63, 3.8) is 0 Å². The molecule has 76 valence electrons. The summed E-state index contributed by atoms with van der Waals surface area (Å²) in [6.45, 7) is 8.22. The molecule has 0 amide bonds. The second kappa shape index (κ2) is 3.25. The number of nitrogens with one attached hydrogen (secondary N) is 1. The number of fused-ring (bicyclic) bond motifs is 1. The lowest BCUT2D eigenvalue weighted by molar-refractivity contribution is 0.0697. The second-order valence-electron chi connectivity index (χ2n) is 5.09. The highest BCUT2D eigenvalue weighted by Crippen LogP contribution is 2.43. The van der Waals surface area contributed by atoms with Gasteiger partial charge in [-0.3, -0.25) is 0 Å². The summed E-state index contributed by atoms with van der Waals surface area (Å²) in [6.07, 6.45) is 1.43. The van der Waals surface area contributed by atoms with Gasteiger partial charge in [-0.05, 0) is 52.6 Å². The maximum atomic E-state index is 3.59. The van der Waals surface area contributed by atoms with Crippen molar-refractivity contribution < 1.29 is 0 Å². The Morgan fingerprint density at radius 1 is 1.31 bits per heavy atom. The van der Waals surface area contributed by atoms with E-state index in [0.717, 1.165) is 23.9 Å². The van der Waals surface area contributed by atoms with Crippen molar-refractivity contribution in [2.75, 3.05) is 13.6 Å². The van der Waals surface area contributed by atoms with E-state index >= 15 is 0 Å². The molecule has 0 aromatic carbocycles. The lowest BCUT2D eigenvalue weighted by Gasteiger charge is -2.44. The monoisotopic (exact) mass is 182 g/mol. The van der Waals surface area contributed by atoms with E-state index in [-0.39, 0.29) is 0 Å². The quantitative estimate of drug-likeness (QED) is 0.708. The Morgan fingerprint density at radius 3 is 2.38 bits per heavy atom. The molecule has 2 heteroatoms. The molecule has 1 N–H and O–H groups in total. The van der Waals surface area contributed by atoms with Crippen LogP contribution >= 0.6 is 0 Å². The van der Waals surface area contributed by atoms with Crippen LogP contribution in [0.3, 0.4) is 0 Å². The standard InChI is InChI=1S/C11H22N2/c1-7(2)13(4)8(3)11-9-5-10(11)12-6-9/h7-12H,5-6H2,1-4H3. The summed E-state index contributed by atoms with van der Waals surface area (Å²) in [7, 11) is 2.26. The van der Waals surface area contributed by atoms with Gasteiger partial charge in [-0.25, -0.2) is 0 Å². The van der Waals surface area contributed by atoms with Crippen LogP contribution in [-0.2, 0) is 0 Å². The molecule has 2 nitrogen and oxygen atoms in total. The molecule has 1 saturated carbocycles. The molecule has 3 aliphatic rings. The van der Waals surface area contributed by atoms with Crippen molar-refractivity contribution in [1.29, 1.82) is 0 Å². The van der Waals surface area contributed by atoms with E-state index < -0.39 is 0 Å². The molecule has 0 radical (unpaired) electrons. The summed E-state index contributed by atoms with van der Waals surface area (Å²) in [5.41, 5.74) is 0. The van der Waals surface area contributed by atoms with Gasteiger partial charge in [0.1, 0.15) is 0 Å². The van der Waals surface area contributed by atoms with Crippen LogP contribution in [0.5, 0.6) is 0 Å². The minimum absolute atomic E-state index is 0.676. The summed E-state index contributed by atoms with van der Waals surface area (Å²) < 4.78 is 0. The second-order valence-corrected chi connectivity index (χ2v) is 5.09. The van der Waals surface area contributed by atoms with Crippen LogP contribution < -0.4 is 5.32 Å². The van der Waals surface area contributed by atoms with Crippen LogP contribution in [-0.4, -0.2) is 36.6 Å². The first-order valence-electron chi connectivity index (χ1n) is 5.56. The molecule has 0 aromatic rings. The fourth-order valence-corrected chi connectivity index (χ4v) is 2.99. The third-order valence-corrected chi connectivity index (χ3v) is 4.22. The molecule has 1 aliphatic carbocycles. The third kappa shape index (κ3) is 1.40. The van der Waals surface area contributed by atoms with Crippen molar-refractivity contribution in [3.05, 3.63) is 0 Å². The third-order valence-electron chi connectivity index (χ3n) is 4.22. The molecule has 3 rings (SSSR count). The Hall–Kier alpha value is -0.0800. The average Bonchev–Trinajstić information content (AvgIpc) is 2.62. The van der Waals surface area contributed by atoms with Crippen LogP contribution in [0.1, 0.15) is 27.2 Å². The van der Waals surface area contributed by atoms with Gasteiger partial charge in [0.15, 0.2) is 0 Å². The molecule has 3 fully saturated rings. The average molecular weight is 182 g/mol. The highest BCUT2D eigenvalue weighted by Gasteiger charge is 2.49. The number of hydrogen-bond donors (Lipinski definition) is 1. The SMILES string of the molecule is CC(C)N(C)C(C)C1C2CNC1C2. The lowest BCUT2D eigenvalue weighted by atomic mass is 9.70. The van der Waals surface area contributed by atoms with Gasteiger partial charge in [-0.15, -0.1) is 0 Å². The van der Waals surface area contributed by atoms with Gasteiger partial charge in [0.05, 0.1) is 0 Å². The summed E-state index contributed by atoms with van der Waals surface area (Å²) in [5.74, 6) is 1.90. The van der Waals surface area contributed by atoms with Gasteiger partial charge >= 0.3 is 0 Å². The molecule has 2 bridgehead atoms. The first-order valence-corrected chi connectivity index (χ1v) is 5.56. The van der Waals surface area contributed by atoms with Crippen molar-refractivity contribution in [2.45, 2.75) is 45.3 Å². The fourth-order valence-electron chi connectivity index (χ4n) is 2.99. The summed E-state index contributed by atoms with van der Waals surface area (Å²) in [5, 5.41) is 3.59. The predicted molar refractivity (Wildman–Crippen MR) is 55.7 cm³/mol. The van der Waals surface area contributed by atoms with Crippen LogP contribution in [0.4, 0.5) is 0 Å². The Bertz CT molecular complexity index is 177. The van der Waals surface area contributed by atoms with Crippen molar-refractivity contribution in [2.24, 2.45) is 11.8 Å². The molecule has 13 heavy (non-hydrogen) atoms. The number of nitrogens with zero attached hydrogens (tertiary/aromatic N) is 1. The molecule has 0 aromatic heterocycles. The van der Waals surface area contributed by atoms with Gasteiger partial charge in [-0.1, -0.05) is 0 Å². The minimum Gasteiger partial charge on any atom is -0.313 e. The molecule has 2 heterocycles. The van der Waals surface area contributed by atoms with Crippen molar-refractivity contribution in [1.82, 2.24) is 10.2 Å². The zero-order valence-corrected chi connectivity index (χ0v) is 9.25. The van der Waals surface area contributed by atoms with Gasteiger partial charge in [0.2, 0.25) is 0 Å². The van der Waals surface area contributed by atoms with E-state index in [1.165, 1.54) is 13.0 Å². The molecular formula is C11H22N2. The Kier molecular flexibility index (Phi) is 2.37. The van der Waals surface area contributed by atoms with Crippen LogP contribution in [0.25, 0.3) is 0 Å². The van der Waals surface area contributed by atoms with Gasteiger partial charge in [0.25, 0.3) is 0 Å². The van der Waals surface area contributed by atoms with Gasteiger partial charge < -0.3 is 10.2 Å². The summed E-state index contributed by atoms with van der Waals surface area (Å²) in [4.78, 5) is 2.51. The normalized spacial score (nSPS) is 39.7. The largest absolute Gasteiger partial charge is 0.313 e. The molecule has 4 atom stereocenters. The summed E-state index contributed by atoms with van der Waals surface area (Å²) >= 11 is 0. The van der Waals surface area contributed by atoms with Gasteiger partial charge in [0, 0.05) is 18.1 Å². The number of rotatable bonds is 3. The maximum Gasteiger partial charge on any atom is 0.0117 e. The topological polar surface area (TPSA) is 15.3 Å². The van der Waals surface area contributed by atoms with Crippen molar-refractivity contribution in [3.8, 4) is 0 Å². The van der Waals surface area contributed by atoms with E-state index in [9.17, 15) is 0 Å². The molecule has 4 unspecified atom stereocenters. The van der Waals surface area contributed by atoms with Gasteiger partial charge in [-0.2, -0.15) is 0 Å². The lowest BCUT2D eigenvalue weighted by Crippen LogP contribution is -2.51. The smallest absolute Gasteiger partial charge is 0.0117 e. The van der Waals surface area contributed by atoms with Crippen molar-refractivity contribution >= 4 is 0 Å². The zero-order chi connectivity index (χ0) is 9.59. The van der Waals surface area contributed by atoms with Crippen LogP contribution in [0, 0.1) is 11.8 Å². The van der Waals surface area contributed by atoms with E-state index in [2.05, 4.69) is 38.0 Å². The van der Waals surface area contributed by atoms with E-state index in [0.29, 0.717) is 6.04 Å². The first-order chi connectivity index (χ1) is 6.11. The van der Waals surface area contributed by atoms with Crippen LogP contribution in [0.2, 0.25) is 0 Å². The Labute approximate surface area is 81.7 Å². The fraction of sp³-hybridized carbons (Fsp3) is 1.00. The Balaban J connectivity index is 1.94. The predicted octanol–water partition coefficient (Wildman–Crippen LogP) is 1.32. The Morgan fingerprint density at radius 2 is 2.00 bits per heavy atom. The summed E-state index contributed by atoms with van der Waals surface area (Å²) in [6, 6.07) is 2.26. The highest BCUT2D eigenvalue weighted by atomic mass is 15.2. The van der Waals surface area contributed by atoms with E-state index in [4.69, 9.17) is 0 Å². The van der Waals surface area contributed by atoms with E-state index in [1.807, 2.05) is 0 Å².